The highest BCUT2D eigenvalue weighted by atomic mass is 35.5. The van der Waals surface area contributed by atoms with E-state index in [9.17, 15) is 10.0 Å². The predicted octanol–water partition coefficient (Wildman–Crippen LogP) is 0.0285. The topological polar surface area (TPSA) is 57.2 Å². The highest BCUT2D eigenvalue weighted by Crippen LogP contribution is 2.22. The van der Waals surface area contributed by atoms with Gasteiger partial charge in [0.05, 0.1) is 0 Å². The Kier molecular flexibility index (Phi) is 2.66. The van der Waals surface area contributed by atoms with Crippen LogP contribution in [0, 0.1) is 0 Å². The molecule has 1 saturated heterocycles. The molecule has 1 atom stereocenters. The summed E-state index contributed by atoms with van der Waals surface area (Å²) in [5.41, 5.74) is 1.50. The Hall–Kier alpha value is -0.580. The van der Waals surface area contributed by atoms with Gasteiger partial charge in [0, 0.05) is 12.5 Å². The van der Waals surface area contributed by atoms with Crippen LogP contribution in [-0.4, -0.2) is 27.8 Å². The Morgan fingerprint density at radius 3 is 2.54 bits per heavy atom. The molecule has 1 fully saturated rings. The molecule has 1 aliphatic heterocycles. The van der Waals surface area contributed by atoms with Crippen LogP contribution < -0.4 is 5.32 Å². The second kappa shape index (κ2) is 3.29. The maximum absolute atomic E-state index is 11.1. The molecule has 0 bridgehead atoms. The molecule has 13 heavy (non-hydrogen) atoms. The summed E-state index contributed by atoms with van der Waals surface area (Å²) in [5.74, 6) is -0.0934. The first-order chi connectivity index (χ1) is 5.90. The molecule has 0 saturated carbocycles. The standard InChI is InChI=1S/C8H13ClN2O2/c1-5(12)7-10-8(2,3)6(4-9)11(7)13/h4,7,10,13H,1-3H3/p+1/b6-4-. The van der Waals surface area contributed by atoms with E-state index in [1.54, 1.807) is 5.32 Å². The van der Waals surface area contributed by atoms with Crippen LogP contribution in [-0.2, 0) is 4.79 Å². The molecule has 4 nitrogen and oxygen atoms in total. The van der Waals surface area contributed by atoms with Crippen molar-refractivity contribution in [2.45, 2.75) is 32.5 Å². The zero-order valence-corrected chi connectivity index (χ0v) is 8.67. The number of hydroxylamine groups is 2. The van der Waals surface area contributed by atoms with E-state index in [1.165, 1.54) is 12.5 Å². The number of quaternary nitrogens is 1. The van der Waals surface area contributed by atoms with Gasteiger partial charge in [-0.2, -0.15) is 5.06 Å². The van der Waals surface area contributed by atoms with E-state index in [0.717, 1.165) is 5.06 Å². The van der Waals surface area contributed by atoms with Gasteiger partial charge in [-0.1, -0.05) is 11.6 Å². The van der Waals surface area contributed by atoms with E-state index < -0.39 is 6.17 Å². The molecule has 0 aromatic rings. The van der Waals surface area contributed by atoms with Crippen LogP contribution in [0.15, 0.2) is 11.2 Å². The molecule has 0 spiro atoms. The lowest BCUT2D eigenvalue weighted by molar-refractivity contribution is -0.727. The summed E-state index contributed by atoms with van der Waals surface area (Å²) in [6.07, 6.45) is -0.569. The summed E-state index contributed by atoms with van der Waals surface area (Å²) in [6.45, 7) is 5.23. The molecular formula is C8H14ClN2O2+. The zero-order chi connectivity index (χ0) is 10.2. The van der Waals surface area contributed by atoms with Crippen molar-refractivity contribution < 1.29 is 15.3 Å². The molecule has 0 aromatic carbocycles. The van der Waals surface area contributed by atoms with E-state index in [2.05, 4.69) is 0 Å². The number of rotatable bonds is 1. The molecule has 5 heteroatoms. The van der Waals surface area contributed by atoms with Gasteiger partial charge in [-0.3, -0.25) is 10.0 Å². The third-order valence-electron chi connectivity index (χ3n) is 2.26. The lowest BCUT2D eigenvalue weighted by Crippen LogP contribution is -2.98. The normalized spacial score (nSPS) is 29.8. The van der Waals surface area contributed by atoms with Gasteiger partial charge in [-0.15, -0.1) is 0 Å². The molecule has 0 aliphatic carbocycles. The summed E-state index contributed by atoms with van der Waals surface area (Å²) in [5, 5.41) is 12.3. The molecule has 0 aromatic heterocycles. The Bertz CT molecular complexity index is 263. The second-order valence-corrected chi connectivity index (χ2v) is 4.00. The first-order valence-corrected chi connectivity index (χ1v) is 4.49. The fourth-order valence-corrected chi connectivity index (χ4v) is 1.86. The minimum absolute atomic E-state index is 0.0934. The average molecular weight is 206 g/mol. The SMILES string of the molecule is CC(=O)C1[NH2+]C(C)(C)/C(=C/Cl)N1O. The highest BCUT2D eigenvalue weighted by Gasteiger charge is 2.47. The number of hydrogen-bond donors (Lipinski definition) is 2. The van der Waals surface area contributed by atoms with Crippen LogP contribution in [0.2, 0.25) is 0 Å². The van der Waals surface area contributed by atoms with E-state index in [1.807, 2.05) is 13.8 Å². The molecule has 1 aliphatic rings. The van der Waals surface area contributed by atoms with Gasteiger partial charge >= 0.3 is 0 Å². The van der Waals surface area contributed by atoms with Crippen LogP contribution in [0.1, 0.15) is 20.8 Å². The first-order valence-electron chi connectivity index (χ1n) is 4.05. The van der Waals surface area contributed by atoms with Crippen LogP contribution in [0.3, 0.4) is 0 Å². The maximum atomic E-state index is 11.1. The Labute approximate surface area is 82.1 Å². The van der Waals surface area contributed by atoms with Crippen LogP contribution in [0.4, 0.5) is 0 Å². The van der Waals surface area contributed by atoms with Gasteiger partial charge in [0.15, 0.2) is 0 Å². The van der Waals surface area contributed by atoms with Gasteiger partial charge in [-0.05, 0) is 13.8 Å². The summed E-state index contributed by atoms with van der Waals surface area (Å²) in [4.78, 5) is 11.1. The van der Waals surface area contributed by atoms with Crippen molar-refractivity contribution in [3.8, 4) is 0 Å². The monoisotopic (exact) mass is 205 g/mol. The van der Waals surface area contributed by atoms with E-state index >= 15 is 0 Å². The Morgan fingerprint density at radius 1 is 1.77 bits per heavy atom. The molecule has 1 heterocycles. The van der Waals surface area contributed by atoms with Gasteiger partial charge in [-0.25, -0.2) is 0 Å². The predicted molar refractivity (Wildman–Crippen MR) is 48.0 cm³/mol. The summed E-state index contributed by atoms with van der Waals surface area (Å²) in [7, 11) is 0. The fraction of sp³-hybridized carbons (Fsp3) is 0.625. The number of halogens is 1. The van der Waals surface area contributed by atoms with Gasteiger partial charge in [0.2, 0.25) is 11.9 Å². The third kappa shape index (κ3) is 1.70. The first kappa shape index (κ1) is 10.5. The van der Waals surface area contributed by atoms with E-state index in [-0.39, 0.29) is 11.3 Å². The van der Waals surface area contributed by atoms with Gasteiger partial charge in [0.25, 0.3) is 0 Å². The minimum atomic E-state index is -0.569. The van der Waals surface area contributed by atoms with Crippen LogP contribution in [0.25, 0.3) is 0 Å². The molecule has 1 rings (SSSR count). The highest BCUT2D eigenvalue weighted by molar-refractivity contribution is 6.25. The molecule has 0 amide bonds. The van der Waals surface area contributed by atoms with Crippen molar-refractivity contribution in [3.63, 3.8) is 0 Å². The minimum Gasteiger partial charge on any atom is -0.309 e. The summed E-state index contributed by atoms with van der Waals surface area (Å²) < 4.78 is 0. The van der Waals surface area contributed by atoms with Crippen molar-refractivity contribution in [1.82, 2.24) is 5.06 Å². The number of hydrogen-bond acceptors (Lipinski definition) is 3. The molecule has 0 radical (unpaired) electrons. The molecule has 3 N–H and O–H groups in total. The molecule has 1 unspecified atom stereocenters. The Morgan fingerprint density at radius 2 is 2.31 bits per heavy atom. The van der Waals surface area contributed by atoms with Crippen LogP contribution >= 0.6 is 11.6 Å². The number of Topliss-reactive ketones (excluding diaryl/α,β-unsaturated/α-hetero) is 1. The van der Waals surface area contributed by atoms with Crippen molar-refractivity contribution in [1.29, 1.82) is 0 Å². The number of carbonyl (C=O) groups excluding carboxylic acids is 1. The lowest BCUT2D eigenvalue weighted by atomic mass is 10.0. The fourth-order valence-electron chi connectivity index (χ4n) is 1.48. The van der Waals surface area contributed by atoms with Crippen molar-refractivity contribution in [2.24, 2.45) is 0 Å². The van der Waals surface area contributed by atoms with Crippen molar-refractivity contribution >= 4 is 17.4 Å². The van der Waals surface area contributed by atoms with Crippen molar-refractivity contribution in [3.05, 3.63) is 11.2 Å². The number of ketones is 1. The molecule has 74 valence electrons. The summed E-state index contributed by atoms with van der Waals surface area (Å²) >= 11 is 5.56. The zero-order valence-electron chi connectivity index (χ0n) is 7.91. The third-order valence-corrected chi connectivity index (χ3v) is 2.47. The van der Waals surface area contributed by atoms with Gasteiger partial charge in [0.1, 0.15) is 11.2 Å². The quantitative estimate of drug-likeness (QED) is 0.635. The lowest BCUT2D eigenvalue weighted by Gasteiger charge is -2.14. The van der Waals surface area contributed by atoms with Crippen molar-refractivity contribution in [2.75, 3.05) is 0 Å². The van der Waals surface area contributed by atoms with E-state index in [0.29, 0.717) is 5.70 Å². The largest absolute Gasteiger partial charge is 0.309 e. The molecular weight excluding hydrogens is 192 g/mol. The van der Waals surface area contributed by atoms with Crippen LogP contribution in [0.5, 0.6) is 0 Å². The number of nitrogens with zero attached hydrogens (tertiary/aromatic N) is 1. The summed E-state index contributed by atoms with van der Waals surface area (Å²) in [6, 6.07) is 0. The smallest absolute Gasteiger partial charge is 0.244 e. The second-order valence-electron chi connectivity index (χ2n) is 3.78. The van der Waals surface area contributed by atoms with E-state index in [4.69, 9.17) is 11.6 Å². The van der Waals surface area contributed by atoms with Gasteiger partial charge < -0.3 is 5.32 Å². The maximum Gasteiger partial charge on any atom is 0.244 e. The average Bonchev–Trinajstić information content (AvgIpc) is 2.22. The number of carbonyl (C=O) groups is 1. The number of nitrogens with two attached hydrogens (primary N) is 1. The Balaban J connectivity index is 2.98.